The smallest absolute Gasteiger partial charge is 0.220 e. The fourth-order valence-electron chi connectivity index (χ4n) is 3.58. The summed E-state index contributed by atoms with van der Waals surface area (Å²) in [6, 6.07) is 0. The predicted molar refractivity (Wildman–Crippen MR) is 102 cm³/mol. The molecule has 2 rings (SSSR count). The average Bonchev–Trinajstić information content (AvgIpc) is 2.53. The maximum absolute atomic E-state index is 12.0. The lowest BCUT2D eigenvalue weighted by Gasteiger charge is -2.31. The molecule has 4 nitrogen and oxygen atoms in total. The van der Waals surface area contributed by atoms with E-state index in [4.69, 9.17) is 0 Å². The molecule has 138 valence electrons. The number of hydrogen-bond acceptors (Lipinski definition) is 3. The Morgan fingerprint density at radius 2 is 1.74 bits per heavy atom. The minimum absolute atomic E-state index is 0. The van der Waals surface area contributed by atoms with Crippen molar-refractivity contribution in [3.63, 3.8) is 0 Å². The highest BCUT2D eigenvalue weighted by molar-refractivity contribution is 5.85. The van der Waals surface area contributed by atoms with Crippen LogP contribution in [0.3, 0.4) is 0 Å². The second-order valence-corrected chi connectivity index (χ2v) is 6.82. The summed E-state index contributed by atoms with van der Waals surface area (Å²) in [5, 5.41) is 6.54. The van der Waals surface area contributed by atoms with Gasteiger partial charge in [0.1, 0.15) is 0 Å². The number of rotatable bonds is 7. The topological polar surface area (TPSA) is 44.4 Å². The number of likely N-dealkylation sites (tertiary alicyclic amines) is 1. The van der Waals surface area contributed by atoms with E-state index < -0.39 is 0 Å². The zero-order chi connectivity index (χ0) is 14.9. The molecule has 2 aliphatic rings. The molecule has 2 N–H and O–H groups in total. The largest absolute Gasteiger partial charge is 0.356 e. The number of halogens is 2. The molecule has 0 aromatic carbocycles. The molecular formula is C17H35Cl2N3O. The van der Waals surface area contributed by atoms with Crippen molar-refractivity contribution in [2.45, 2.75) is 51.9 Å². The fraction of sp³-hybridized carbons (Fsp3) is 0.941. The van der Waals surface area contributed by atoms with E-state index in [1.54, 1.807) is 0 Å². The van der Waals surface area contributed by atoms with Crippen molar-refractivity contribution in [3.05, 3.63) is 0 Å². The SMILES string of the molecule is CCCN1CCC(CNC(=O)CCC2CCNCC2)CC1.Cl.Cl. The molecule has 0 atom stereocenters. The molecule has 0 radical (unpaired) electrons. The predicted octanol–water partition coefficient (Wildman–Crippen LogP) is 2.85. The zero-order valence-electron chi connectivity index (χ0n) is 14.5. The Bertz CT molecular complexity index is 304. The number of carbonyl (C=O) groups excluding carboxylic acids is 1. The van der Waals surface area contributed by atoms with Crippen molar-refractivity contribution in [3.8, 4) is 0 Å². The van der Waals surface area contributed by atoms with Crippen LogP contribution < -0.4 is 10.6 Å². The monoisotopic (exact) mass is 367 g/mol. The van der Waals surface area contributed by atoms with Gasteiger partial charge < -0.3 is 15.5 Å². The molecule has 0 aliphatic carbocycles. The Morgan fingerprint density at radius 3 is 2.35 bits per heavy atom. The van der Waals surface area contributed by atoms with Crippen molar-refractivity contribution >= 4 is 30.7 Å². The maximum Gasteiger partial charge on any atom is 0.220 e. The van der Waals surface area contributed by atoms with Crippen LogP contribution in [0.5, 0.6) is 0 Å². The molecule has 0 spiro atoms. The summed E-state index contributed by atoms with van der Waals surface area (Å²) in [5.74, 6) is 1.72. The van der Waals surface area contributed by atoms with Gasteiger partial charge in [0.2, 0.25) is 5.91 Å². The molecule has 2 heterocycles. The van der Waals surface area contributed by atoms with E-state index in [1.807, 2.05) is 0 Å². The van der Waals surface area contributed by atoms with E-state index in [0.29, 0.717) is 5.92 Å². The zero-order valence-corrected chi connectivity index (χ0v) is 16.2. The Hall–Kier alpha value is -0.0300. The third-order valence-corrected chi connectivity index (χ3v) is 5.07. The molecule has 0 bridgehead atoms. The lowest BCUT2D eigenvalue weighted by molar-refractivity contribution is -0.121. The van der Waals surface area contributed by atoms with E-state index in [2.05, 4.69) is 22.5 Å². The molecule has 2 fully saturated rings. The normalized spacial score (nSPS) is 20.4. The highest BCUT2D eigenvalue weighted by atomic mass is 35.5. The molecule has 6 heteroatoms. The summed E-state index contributed by atoms with van der Waals surface area (Å²) in [6.07, 6.45) is 8.01. The van der Waals surface area contributed by atoms with Crippen LogP contribution in [-0.4, -0.2) is 50.1 Å². The van der Waals surface area contributed by atoms with Gasteiger partial charge in [-0.05, 0) is 83.1 Å². The lowest BCUT2D eigenvalue weighted by Crippen LogP contribution is -2.39. The van der Waals surface area contributed by atoms with Gasteiger partial charge in [-0.1, -0.05) is 6.92 Å². The first-order valence-electron chi connectivity index (χ1n) is 8.97. The van der Waals surface area contributed by atoms with Crippen LogP contribution >= 0.6 is 24.8 Å². The van der Waals surface area contributed by atoms with Gasteiger partial charge in [0.05, 0.1) is 0 Å². The highest BCUT2D eigenvalue weighted by Gasteiger charge is 2.19. The van der Waals surface area contributed by atoms with E-state index in [-0.39, 0.29) is 30.7 Å². The maximum atomic E-state index is 12.0. The molecule has 0 aromatic heterocycles. The molecule has 0 unspecified atom stereocenters. The first-order chi connectivity index (χ1) is 10.3. The summed E-state index contributed by atoms with van der Waals surface area (Å²) >= 11 is 0. The Labute approximate surface area is 154 Å². The van der Waals surface area contributed by atoms with Gasteiger partial charge in [-0.25, -0.2) is 0 Å². The molecule has 2 saturated heterocycles. The van der Waals surface area contributed by atoms with Crippen LogP contribution in [0.4, 0.5) is 0 Å². The van der Waals surface area contributed by atoms with Crippen LogP contribution in [0.15, 0.2) is 0 Å². The van der Waals surface area contributed by atoms with Crippen LogP contribution in [-0.2, 0) is 4.79 Å². The fourth-order valence-corrected chi connectivity index (χ4v) is 3.58. The van der Waals surface area contributed by atoms with Crippen molar-refractivity contribution in [2.75, 3.05) is 39.3 Å². The molecule has 23 heavy (non-hydrogen) atoms. The van der Waals surface area contributed by atoms with Crippen LogP contribution in [0, 0.1) is 11.8 Å². The van der Waals surface area contributed by atoms with Gasteiger partial charge in [-0.3, -0.25) is 4.79 Å². The number of amides is 1. The average molecular weight is 368 g/mol. The summed E-state index contributed by atoms with van der Waals surface area (Å²) in [5.41, 5.74) is 0. The van der Waals surface area contributed by atoms with Crippen LogP contribution in [0.25, 0.3) is 0 Å². The van der Waals surface area contributed by atoms with E-state index in [1.165, 1.54) is 51.7 Å². The Balaban J connectivity index is 0.00000242. The number of nitrogens with zero attached hydrogens (tertiary/aromatic N) is 1. The van der Waals surface area contributed by atoms with Gasteiger partial charge in [0.15, 0.2) is 0 Å². The molecule has 0 saturated carbocycles. The van der Waals surface area contributed by atoms with E-state index in [9.17, 15) is 4.79 Å². The number of hydrogen-bond donors (Lipinski definition) is 2. The molecule has 2 aliphatic heterocycles. The van der Waals surface area contributed by atoms with E-state index >= 15 is 0 Å². The molecular weight excluding hydrogens is 333 g/mol. The van der Waals surface area contributed by atoms with Crippen LogP contribution in [0.2, 0.25) is 0 Å². The third kappa shape index (κ3) is 9.13. The summed E-state index contributed by atoms with van der Waals surface area (Å²) in [4.78, 5) is 14.5. The van der Waals surface area contributed by atoms with Crippen molar-refractivity contribution in [1.29, 1.82) is 0 Å². The minimum atomic E-state index is 0. The standard InChI is InChI=1S/C17H33N3O.2ClH/c1-2-11-20-12-7-16(8-13-20)14-19-17(21)4-3-15-5-9-18-10-6-15;;/h15-16,18H,2-14H2,1H3,(H,19,21);2*1H. The van der Waals surface area contributed by atoms with Crippen molar-refractivity contribution < 1.29 is 4.79 Å². The number of nitrogens with one attached hydrogen (secondary N) is 2. The quantitative estimate of drug-likeness (QED) is 0.726. The first kappa shape index (κ1) is 23.0. The summed E-state index contributed by atoms with van der Waals surface area (Å²) < 4.78 is 0. The van der Waals surface area contributed by atoms with Gasteiger partial charge in [0.25, 0.3) is 0 Å². The highest BCUT2D eigenvalue weighted by Crippen LogP contribution is 2.18. The van der Waals surface area contributed by atoms with Crippen LogP contribution in [0.1, 0.15) is 51.9 Å². The lowest BCUT2D eigenvalue weighted by atomic mass is 9.93. The second-order valence-electron chi connectivity index (χ2n) is 6.82. The first-order valence-corrected chi connectivity index (χ1v) is 8.97. The van der Waals surface area contributed by atoms with Gasteiger partial charge in [-0.2, -0.15) is 0 Å². The third-order valence-electron chi connectivity index (χ3n) is 5.07. The second kappa shape index (κ2) is 13.3. The van der Waals surface area contributed by atoms with Gasteiger partial charge >= 0.3 is 0 Å². The Morgan fingerprint density at radius 1 is 1.09 bits per heavy atom. The summed E-state index contributed by atoms with van der Waals surface area (Å²) in [6.45, 7) is 9.05. The van der Waals surface area contributed by atoms with Crippen molar-refractivity contribution in [1.82, 2.24) is 15.5 Å². The van der Waals surface area contributed by atoms with Crippen molar-refractivity contribution in [2.24, 2.45) is 11.8 Å². The molecule has 1 amide bonds. The van der Waals surface area contributed by atoms with Gasteiger partial charge in [0, 0.05) is 13.0 Å². The number of piperidine rings is 2. The number of carbonyl (C=O) groups is 1. The van der Waals surface area contributed by atoms with Gasteiger partial charge in [-0.15, -0.1) is 24.8 Å². The Kier molecular flexibility index (Phi) is 13.3. The summed E-state index contributed by atoms with van der Waals surface area (Å²) in [7, 11) is 0. The molecule has 0 aromatic rings. The minimum Gasteiger partial charge on any atom is -0.356 e. The van der Waals surface area contributed by atoms with E-state index in [0.717, 1.165) is 38.4 Å².